The molecule has 8 aromatic carbocycles. The molecular formula is C55H35N3. The fraction of sp³-hybridized carbons (Fsp3) is 0.0364. The van der Waals surface area contributed by atoms with E-state index >= 15 is 0 Å². The molecule has 0 saturated heterocycles. The number of pyridine rings is 1. The SMILES string of the molecule is c1ccc(-c2cc(-n3c4ccccc4c4c5c(ccc43)C3c4ccccc4C5c4c3ccc3c4c4ccccc4n3-c3ccccc3)cc(-c3ccccc3)n2)cc1. The second-order valence-electron chi connectivity index (χ2n) is 15.8. The molecule has 3 aliphatic rings. The van der Waals surface area contributed by atoms with E-state index in [2.05, 4.69) is 209 Å². The Kier molecular flexibility index (Phi) is 6.56. The van der Waals surface area contributed by atoms with Gasteiger partial charge in [0.15, 0.2) is 0 Å². The quantitative estimate of drug-likeness (QED) is 0.176. The number of aromatic nitrogens is 3. The van der Waals surface area contributed by atoms with E-state index in [0.29, 0.717) is 0 Å². The van der Waals surface area contributed by atoms with Gasteiger partial charge in [-0.05, 0) is 81.9 Å². The molecule has 3 heterocycles. The Hall–Kier alpha value is -7.49. The van der Waals surface area contributed by atoms with Crippen LogP contribution >= 0.6 is 0 Å². The Balaban J connectivity index is 1.14. The van der Waals surface area contributed by atoms with Gasteiger partial charge in [0.25, 0.3) is 0 Å². The maximum atomic E-state index is 5.26. The molecule has 3 aliphatic carbocycles. The molecule has 0 amide bonds. The molecule has 3 aromatic heterocycles. The predicted octanol–water partition coefficient (Wildman–Crippen LogP) is 13.6. The Morgan fingerprint density at radius 2 is 0.759 bits per heavy atom. The van der Waals surface area contributed by atoms with Crippen LogP contribution in [-0.2, 0) is 0 Å². The number of hydrogen-bond acceptors (Lipinski definition) is 1. The second kappa shape index (κ2) is 12.0. The topological polar surface area (TPSA) is 22.8 Å². The van der Waals surface area contributed by atoms with Gasteiger partial charge in [-0.1, -0.05) is 152 Å². The summed E-state index contributed by atoms with van der Waals surface area (Å²) >= 11 is 0. The number of rotatable bonds is 4. The van der Waals surface area contributed by atoms with Crippen molar-refractivity contribution in [1.29, 1.82) is 0 Å². The van der Waals surface area contributed by atoms with Crippen LogP contribution in [0.2, 0.25) is 0 Å². The third-order valence-electron chi connectivity index (χ3n) is 12.9. The van der Waals surface area contributed by atoms with Crippen LogP contribution in [0.3, 0.4) is 0 Å². The number of nitrogens with zero attached hydrogens (tertiary/aromatic N) is 3. The smallest absolute Gasteiger partial charge is 0.0730 e. The van der Waals surface area contributed by atoms with Crippen LogP contribution < -0.4 is 0 Å². The molecule has 3 nitrogen and oxygen atoms in total. The van der Waals surface area contributed by atoms with Crippen LogP contribution in [0.1, 0.15) is 45.2 Å². The van der Waals surface area contributed by atoms with Crippen molar-refractivity contribution in [2.75, 3.05) is 0 Å². The molecule has 0 aliphatic heterocycles. The van der Waals surface area contributed by atoms with Crippen LogP contribution in [0.4, 0.5) is 0 Å². The monoisotopic (exact) mass is 737 g/mol. The third kappa shape index (κ3) is 4.30. The summed E-state index contributed by atoms with van der Waals surface area (Å²) in [6, 6.07) is 73.4. The van der Waals surface area contributed by atoms with Crippen LogP contribution in [0, 0.1) is 0 Å². The molecule has 2 unspecified atom stereocenters. The molecule has 2 atom stereocenters. The van der Waals surface area contributed by atoms with Gasteiger partial charge in [0.1, 0.15) is 0 Å². The molecule has 270 valence electrons. The molecule has 11 aromatic rings. The molecule has 2 bridgehead atoms. The van der Waals surface area contributed by atoms with E-state index in [9.17, 15) is 0 Å². The number of fused-ring (bicyclic) bond motifs is 6. The molecule has 0 saturated carbocycles. The lowest BCUT2D eigenvalue weighted by Crippen LogP contribution is -2.28. The minimum absolute atomic E-state index is 0.0603. The van der Waals surface area contributed by atoms with Crippen molar-refractivity contribution in [1.82, 2.24) is 14.1 Å². The zero-order chi connectivity index (χ0) is 37.9. The number of para-hydroxylation sites is 3. The maximum absolute atomic E-state index is 5.26. The van der Waals surface area contributed by atoms with Crippen LogP contribution in [-0.4, -0.2) is 14.1 Å². The summed E-state index contributed by atoms with van der Waals surface area (Å²) in [5.74, 6) is 0.196. The van der Waals surface area contributed by atoms with Crippen molar-refractivity contribution >= 4 is 43.6 Å². The van der Waals surface area contributed by atoms with E-state index in [1.165, 1.54) is 82.7 Å². The molecule has 0 radical (unpaired) electrons. The summed E-state index contributed by atoms with van der Waals surface area (Å²) < 4.78 is 4.95. The standard InChI is InChI=1S/C55H35N3/c1-4-16-34(17-5-1)44-32-37(33-45(56-44)35-18-6-2-7-19-35)58-47-27-15-13-25-41(47)52-49(58)31-29-43-50-38-22-10-11-23-39(38)53(55(43)52)54-42(50)28-30-48-51(54)40-24-12-14-26-46(40)57(48)36-20-8-3-9-21-36/h1-33,50,53H. The van der Waals surface area contributed by atoms with Gasteiger partial charge in [-0.25, -0.2) is 4.98 Å². The molecule has 0 N–H and O–H groups in total. The fourth-order valence-corrected chi connectivity index (χ4v) is 10.6. The molecule has 3 heteroatoms. The lowest BCUT2D eigenvalue weighted by atomic mass is 9.59. The first kappa shape index (κ1) is 31.7. The van der Waals surface area contributed by atoms with Crippen LogP contribution in [0.25, 0.3) is 77.5 Å². The van der Waals surface area contributed by atoms with E-state index in [4.69, 9.17) is 4.98 Å². The minimum Gasteiger partial charge on any atom is -0.309 e. The molecular weight excluding hydrogens is 703 g/mol. The predicted molar refractivity (Wildman–Crippen MR) is 239 cm³/mol. The van der Waals surface area contributed by atoms with Gasteiger partial charge in [-0.3, -0.25) is 0 Å². The van der Waals surface area contributed by atoms with Gasteiger partial charge >= 0.3 is 0 Å². The summed E-state index contributed by atoms with van der Waals surface area (Å²) in [7, 11) is 0. The highest BCUT2D eigenvalue weighted by Crippen LogP contribution is 2.60. The fourth-order valence-electron chi connectivity index (χ4n) is 10.6. The zero-order valence-corrected chi connectivity index (χ0v) is 31.5. The van der Waals surface area contributed by atoms with Crippen LogP contribution in [0.5, 0.6) is 0 Å². The van der Waals surface area contributed by atoms with E-state index in [1.807, 2.05) is 0 Å². The Bertz CT molecular complexity index is 3390. The van der Waals surface area contributed by atoms with Gasteiger partial charge < -0.3 is 9.13 Å². The maximum Gasteiger partial charge on any atom is 0.0730 e. The van der Waals surface area contributed by atoms with Crippen molar-refractivity contribution in [2.24, 2.45) is 0 Å². The van der Waals surface area contributed by atoms with Gasteiger partial charge in [-0.2, -0.15) is 0 Å². The minimum atomic E-state index is 0.0603. The number of hydrogen-bond donors (Lipinski definition) is 0. The molecule has 14 rings (SSSR count). The highest BCUT2D eigenvalue weighted by Gasteiger charge is 2.44. The summed E-state index contributed by atoms with van der Waals surface area (Å²) in [4.78, 5) is 5.26. The molecule has 0 fully saturated rings. The van der Waals surface area contributed by atoms with Crippen molar-refractivity contribution in [2.45, 2.75) is 11.8 Å². The number of benzene rings is 8. The normalized spacial score (nSPS) is 15.2. The highest BCUT2D eigenvalue weighted by molar-refractivity contribution is 6.15. The molecule has 58 heavy (non-hydrogen) atoms. The Morgan fingerprint density at radius 1 is 0.328 bits per heavy atom. The zero-order valence-electron chi connectivity index (χ0n) is 31.5. The van der Waals surface area contributed by atoms with Gasteiger partial charge in [0.2, 0.25) is 0 Å². The first-order valence-electron chi connectivity index (χ1n) is 20.2. The second-order valence-corrected chi connectivity index (χ2v) is 15.8. The van der Waals surface area contributed by atoms with Crippen molar-refractivity contribution in [3.63, 3.8) is 0 Å². The Morgan fingerprint density at radius 3 is 1.29 bits per heavy atom. The van der Waals surface area contributed by atoms with Crippen molar-refractivity contribution in [3.05, 3.63) is 234 Å². The molecule has 0 spiro atoms. The lowest BCUT2D eigenvalue weighted by molar-refractivity contribution is 0.768. The Labute approximate surface area is 335 Å². The highest BCUT2D eigenvalue weighted by atomic mass is 15.0. The summed E-state index contributed by atoms with van der Waals surface area (Å²) in [6.45, 7) is 0. The lowest BCUT2D eigenvalue weighted by Gasteiger charge is -2.43. The largest absolute Gasteiger partial charge is 0.309 e. The summed E-state index contributed by atoms with van der Waals surface area (Å²) in [6.07, 6.45) is 0. The summed E-state index contributed by atoms with van der Waals surface area (Å²) in [5, 5.41) is 5.28. The first-order chi connectivity index (χ1) is 28.8. The summed E-state index contributed by atoms with van der Waals surface area (Å²) in [5.41, 5.74) is 19.9. The van der Waals surface area contributed by atoms with E-state index in [-0.39, 0.29) is 11.8 Å². The van der Waals surface area contributed by atoms with Gasteiger partial charge in [-0.15, -0.1) is 0 Å². The average molecular weight is 738 g/mol. The van der Waals surface area contributed by atoms with Crippen molar-refractivity contribution < 1.29 is 0 Å². The van der Waals surface area contributed by atoms with E-state index < -0.39 is 0 Å². The van der Waals surface area contributed by atoms with E-state index in [1.54, 1.807) is 0 Å². The third-order valence-corrected chi connectivity index (χ3v) is 12.9. The average Bonchev–Trinajstić information content (AvgIpc) is 3.83. The van der Waals surface area contributed by atoms with Gasteiger partial charge in [0.05, 0.1) is 39.1 Å². The van der Waals surface area contributed by atoms with E-state index in [0.717, 1.165) is 28.2 Å². The van der Waals surface area contributed by atoms with Crippen LogP contribution in [0.15, 0.2) is 200 Å². The van der Waals surface area contributed by atoms with Gasteiger partial charge in [0, 0.05) is 50.2 Å². The van der Waals surface area contributed by atoms with Crippen molar-refractivity contribution in [3.8, 4) is 33.9 Å². The first-order valence-corrected chi connectivity index (χ1v) is 20.2.